The first-order valence-electron chi connectivity index (χ1n) is 16.0. The average molecular weight is 571 g/mol. The number of fused-ring (bicyclic) bond motifs is 7. The fourth-order valence-electron chi connectivity index (χ4n) is 11.6. The van der Waals surface area contributed by atoms with Gasteiger partial charge in [0.25, 0.3) is 0 Å². The fraction of sp³-hybridized carbons (Fsp3) is 0.857. The van der Waals surface area contributed by atoms with Gasteiger partial charge in [-0.1, -0.05) is 60.1 Å². The van der Waals surface area contributed by atoms with Crippen LogP contribution in [0.15, 0.2) is 11.6 Å². The molecule has 0 aromatic carbocycles. The normalized spacial score (nSPS) is 45.9. The summed E-state index contributed by atoms with van der Waals surface area (Å²) in [7, 11) is 1.56. The Morgan fingerprint density at radius 2 is 1.44 bits per heavy atom. The molecular formula is C35H54O6. The van der Waals surface area contributed by atoms with Gasteiger partial charge >= 0.3 is 17.9 Å². The van der Waals surface area contributed by atoms with Gasteiger partial charge in [0.1, 0.15) is 12.2 Å². The van der Waals surface area contributed by atoms with Crippen molar-refractivity contribution in [1.29, 1.82) is 0 Å². The van der Waals surface area contributed by atoms with Crippen LogP contribution in [0, 0.1) is 50.2 Å². The van der Waals surface area contributed by atoms with E-state index in [1.165, 1.54) is 19.4 Å². The molecule has 0 amide bonds. The van der Waals surface area contributed by atoms with Crippen LogP contribution in [-0.4, -0.2) is 37.2 Å². The monoisotopic (exact) mass is 570 g/mol. The minimum absolute atomic E-state index is 0.0151. The maximum Gasteiger partial charge on any atom is 0.312 e. The third kappa shape index (κ3) is 4.26. The molecule has 5 aliphatic carbocycles. The van der Waals surface area contributed by atoms with E-state index in [9.17, 15) is 14.4 Å². The molecule has 0 unspecified atom stereocenters. The van der Waals surface area contributed by atoms with Gasteiger partial charge in [0.05, 0.1) is 12.5 Å². The first-order chi connectivity index (χ1) is 18.9. The van der Waals surface area contributed by atoms with Crippen molar-refractivity contribution in [3.8, 4) is 0 Å². The van der Waals surface area contributed by atoms with E-state index in [0.29, 0.717) is 18.3 Å². The van der Waals surface area contributed by atoms with E-state index in [-0.39, 0.29) is 50.9 Å². The summed E-state index contributed by atoms with van der Waals surface area (Å²) in [5.41, 5.74) is 0.868. The molecule has 41 heavy (non-hydrogen) atoms. The third-order valence-corrected chi connectivity index (χ3v) is 13.7. The Balaban J connectivity index is 1.59. The van der Waals surface area contributed by atoms with Crippen LogP contribution >= 0.6 is 0 Å². The highest BCUT2D eigenvalue weighted by Gasteiger charge is 2.71. The lowest BCUT2D eigenvalue weighted by Gasteiger charge is -2.71. The summed E-state index contributed by atoms with van der Waals surface area (Å²) >= 11 is 0. The minimum Gasteiger partial charge on any atom is -0.469 e. The molecule has 6 nitrogen and oxygen atoms in total. The van der Waals surface area contributed by atoms with Crippen LogP contribution < -0.4 is 0 Å². The summed E-state index contributed by atoms with van der Waals surface area (Å²) in [5, 5.41) is 0. The Hall–Kier alpha value is -1.85. The summed E-state index contributed by atoms with van der Waals surface area (Å²) < 4.78 is 17.4. The molecule has 0 spiro atoms. The minimum atomic E-state index is -0.467. The van der Waals surface area contributed by atoms with Crippen LogP contribution in [0.25, 0.3) is 0 Å². The van der Waals surface area contributed by atoms with E-state index in [0.717, 1.165) is 51.4 Å². The van der Waals surface area contributed by atoms with Gasteiger partial charge in [0.2, 0.25) is 0 Å². The molecule has 5 rings (SSSR count). The van der Waals surface area contributed by atoms with Crippen LogP contribution in [0.1, 0.15) is 120 Å². The summed E-state index contributed by atoms with van der Waals surface area (Å²) in [4.78, 5) is 38.0. The van der Waals surface area contributed by atoms with Crippen molar-refractivity contribution in [1.82, 2.24) is 0 Å². The molecule has 0 aromatic heterocycles. The lowest BCUT2D eigenvalue weighted by atomic mass is 9.33. The molecule has 230 valence electrons. The lowest BCUT2D eigenvalue weighted by molar-refractivity contribution is -0.244. The largest absolute Gasteiger partial charge is 0.469 e. The predicted molar refractivity (Wildman–Crippen MR) is 158 cm³/mol. The number of allylic oxidation sites excluding steroid dienone is 2. The topological polar surface area (TPSA) is 78.9 Å². The maximum atomic E-state index is 13.5. The first-order valence-corrected chi connectivity index (χ1v) is 16.0. The second-order valence-electron chi connectivity index (χ2n) is 16.6. The highest BCUT2D eigenvalue weighted by Crippen LogP contribution is 2.76. The molecule has 0 N–H and O–H groups in total. The molecule has 0 heterocycles. The lowest BCUT2D eigenvalue weighted by Crippen LogP contribution is -2.67. The Morgan fingerprint density at radius 3 is 2.05 bits per heavy atom. The second kappa shape index (κ2) is 9.58. The number of esters is 3. The van der Waals surface area contributed by atoms with Gasteiger partial charge in [-0.2, -0.15) is 0 Å². The highest BCUT2D eigenvalue weighted by atomic mass is 16.6. The summed E-state index contributed by atoms with van der Waals surface area (Å²) in [6.45, 7) is 19.5. The number of methoxy groups -OCH3 is 1. The number of hydrogen-bond acceptors (Lipinski definition) is 6. The SMILES string of the molecule is COC(=O)[C@]12CCC(C)(C)C[C@H]1C1=CC[C@H]3[C@@]4(C)C[C@@H](OC(C)=O)[C@H](OC(C)=O)C(C)(C)[C@@H]4CC[C@@]3(C)[C@]1(C)CC2. The number of carbonyl (C=O) groups excluding carboxylic acids is 3. The molecule has 0 bridgehead atoms. The van der Waals surface area contributed by atoms with E-state index in [1.54, 1.807) is 7.11 Å². The Kier molecular flexibility index (Phi) is 7.15. The molecule has 4 saturated carbocycles. The smallest absolute Gasteiger partial charge is 0.312 e. The van der Waals surface area contributed by atoms with E-state index < -0.39 is 17.6 Å². The van der Waals surface area contributed by atoms with Crippen molar-refractivity contribution >= 4 is 17.9 Å². The molecule has 6 heteroatoms. The fourth-order valence-corrected chi connectivity index (χ4v) is 11.6. The summed E-state index contributed by atoms with van der Waals surface area (Å²) in [5.74, 6) is 0.264. The van der Waals surface area contributed by atoms with Crippen molar-refractivity contribution in [2.75, 3.05) is 7.11 Å². The number of carbonyl (C=O) groups is 3. The molecule has 0 aromatic rings. The van der Waals surface area contributed by atoms with Crippen molar-refractivity contribution in [2.45, 2.75) is 132 Å². The van der Waals surface area contributed by atoms with Gasteiger partial charge in [0.15, 0.2) is 0 Å². The number of rotatable bonds is 3. The Morgan fingerprint density at radius 1 is 0.805 bits per heavy atom. The van der Waals surface area contributed by atoms with E-state index in [2.05, 4.69) is 54.5 Å². The van der Waals surface area contributed by atoms with Crippen molar-refractivity contribution < 1.29 is 28.6 Å². The van der Waals surface area contributed by atoms with Crippen molar-refractivity contribution in [2.24, 2.45) is 50.2 Å². The Bertz CT molecular complexity index is 1150. The van der Waals surface area contributed by atoms with Gasteiger partial charge in [-0.05, 0) is 97.2 Å². The van der Waals surface area contributed by atoms with Crippen LogP contribution in [0.2, 0.25) is 0 Å². The van der Waals surface area contributed by atoms with Crippen LogP contribution in [-0.2, 0) is 28.6 Å². The maximum absolute atomic E-state index is 13.5. The standard InChI is InChI=1S/C35H54O6/c1-21(36)40-25-20-32(7)26(31(5,6)28(25)41-22(2)37)13-14-34(9)27(32)12-11-23-24-19-30(3,4)15-17-35(24,29(38)39-10)18-16-33(23,34)8/h11,24-28H,12-20H2,1-10H3/t24-,25+,26-,27-,28-,32-,33+,34+,35-/m0/s1. The second-order valence-corrected chi connectivity index (χ2v) is 16.6. The van der Waals surface area contributed by atoms with Crippen LogP contribution in [0.5, 0.6) is 0 Å². The zero-order valence-corrected chi connectivity index (χ0v) is 27.3. The van der Waals surface area contributed by atoms with Crippen molar-refractivity contribution in [3.05, 3.63) is 11.6 Å². The summed E-state index contributed by atoms with van der Waals surface area (Å²) in [6.07, 6.45) is 10.3. The third-order valence-electron chi connectivity index (χ3n) is 13.7. The average Bonchev–Trinajstić information content (AvgIpc) is 2.85. The van der Waals surface area contributed by atoms with Crippen LogP contribution in [0.4, 0.5) is 0 Å². The molecule has 0 aliphatic heterocycles. The molecule has 0 saturated heterocycles. The number of hydrogen-bond donors (Lipinski definition) is 0. The van der Waals surface area contributed by atoms with Gasteiger partial charge in [-0.3, -0.25) is 14.4 Å². The highest BCUT2D eigenvalue weighted by molar-refractivity contribution is 5.78. The molecule has 9 atom stereocenters. The van der Waals surface area contributed by atoms with Gasteiger partial charge in [-0.15, -0.1) is 0 Å². The quantitative estimate of drug-likeness (QED) is 0.199. The van der Waals surface area contributed by atoms with Gasteiger partial charge in [-0.25, -0.2) is 0 Å². The van der Waals surface area contributed by atoms with E-state index >= 15 is 0 Å². The van der Waals surface area contributed by atoms with Crippen LogP contribution in [0.3, 0.4) is 0 Å². The van der Waals surface area contributed by atoms with Gasteiger partial charge in [0, 0.05) is 19.3 Å². The molecule has 0 radical (unpaired) electrons. The zero-order chi connectivity index (χ0) is 30.4. The predicted octanol–water partition coefficient (Wildman–Crippen LogP) is 7.43. The van der Waals surface area contributed by atoms with E-state index in [4.69, 9.17) is 14.2 Å². The zero-order valence-electron chi connectivity index (χ0n) is 27.3. The van der Waals surface area contributed by atoms with E-state index in [1.807, 2.05) is 0 Å². The molecule has 4 fully saturated rings. The van der Waals surface area contributed by atoms with Crippen molar-refractivity contribution in [3.63, 3.8) is 0 Å². The molecular weight excluding hydrogens is 516 g/mol. The Labute approximate surface area is 247 Å². The summed E-state index contributed by atoms with van der Waals surface area (Å²) in [6, 6.07) is 0. The first kappa shape index (κ1) is 30.6. The number of ether oxygens (including phenoxy) is 3. The molecule has 5 aliphatic rings. The van der Waals surface area contributed by atoms with Gasteiger partial charge < -0.3 is 14.2 Å².